The van der Waals surface area contributed by atoms with E-state index in [4.69, 9.17) is 17.2 Å². The van der Waals surface area contributed by atoms with E-state index < -0.39 is 77.7 Å². The van der Waals surface area contributed by atoms with E-state index in [1.807, 2.05) is 13.8 Å². The van der Waals surface area contributed by atoms with E-state index in [0.29, 0.717) is 25.1 Å². The molecule has 0 spiro atoms. The summed E-state index contributed by atoms with van der Waals surface area (Å²) in [5.74, 6) is -5.86. The van der Waals surface area contributed by atoms with Gasteiger partial charge >= 0.3 is 5.97 Å². The maximum absolute atomic E-state index is 13.6. The van der Waals surface area contributed by atoms with Crippen LogP contribution >= 0.6 is 0 Å². The van der Waals surface area contributed by atoms with Crippen molar-refractivity contribution in [1.29, 1.82) is 0 Å². The van der Waals surface area contributed by atoms with Crippen LogP contribution in [0.15, 0.2) is 12.5 Å². The van der Waals surface area contributed by atoms with Gasteiger partial charge in [-0.3, -0.25) is 28.8 Å². The second-order valence-corrected chi connectivity index (χ2v) is 12.8. The van der Waals surface area contributed by atoms with Crippen LogP contribution in [-0.4, -0.2) is 99.3 Å². The number of carboxylic acids is 1. The van der Waals surface area contributed by atoms with Crippen molar-refractivity contribution in [2.45, 2.75) is 116 Å². The van der Waals surface area contributed by atoms with Gasteiger partial charge in [0.05, 0.1) is 18.1 Å². The van der Waals surface area contributed by atoms with Crippen molar-refractivity contribution < 1.29 is 38.7 Å². The van der Waals surface area contributed by atoms with Gasteiger partial charge in [-0.05, 0) is 57.4 Å². The first-order valence-electron chi connectivity index (χ1n) is 16.4. The molecule has 0 aliphatic heterocycles. The van der Waals surface area contributed by atoms with Crippen LogP contribution in [-0.2, 0) is 40.0 Å². The highest BCUT2D eigenvalue weighted by molar-refractivity contribution is 5.96. The zero-order chi connectivity index (χ0) is 37.3. The number of amides is 6. The minimum Gasteiger partial charge on any atom is -0.480 e. The van der Waals surface area contributed by atoms with Gasteiger partial charge < -0.3 is 53.9 Å². The molecule has 6 atom stereocenters. The summed E-state index contributed by atoms with van der Waals surface area (Å²) < 4.78 is 0. The zero-order valence-electron chi connectivity index (χ0n) is 28.9. The Morgan fingerprint density at radius 1 is 0.776 bits per heavy atom. The third kappa shape index (κ3) is 15.9. The Kier molecular flexibility index (Phi) is 18.5. The molecule has 18 nitrogen and oxygen atoms in total. The maximum Gasteiger partial charge on any atom is 0.326 e. The van der Waals surface area contributed by atoms with Crippen LogP contribution in [0.25, 0.3) is 0 Å². The molecule has 1 aromatic heterocycles. The molecule has 1 rings (SSSR count). The number of aromatic nitrogens is 2. The van der Waals surface area contributed by atoms with E-state index in [9.17, 15) is 38.7 Å². The lowest BCUT2D eigenvalue weighted by Crippen LogP contribution is -2.59. The van der Waals surface area contributed by atoms with Gasteiger partial charge in [0.2, 0.25) is 35.4 Å². The van der Waals surface area contributed by atoms with Crippen molar-refractivity contribution >= 4 is 41.4 Å². The lowest BCUT2D eigenvalue weighted by molar-refractivity contribution is -0.142. The Morgan fingerprint density at radius 2 is 1.33 bits per heavy atom. The van der Waals surface area contributed by atoms with Gasteiger partial charge in [0.1, 0.15) is 30.2 Å². The molecule has 0 aliphatic carbocycles. The number of nitrogens with one attached hydrogen (secondary N) is 6. The summed E-state index contributed by atoms with van der Waals surface area (Å²) >= 11 is 0. The second-order valence-electron chi connectivity index (χ2n) is 12.8. The average Bonchev–Trinajstić information content (AvgIpc) is 3.53. The molecule has 1 aromatic rings. The van der Waals surface area contributed by atoms with Gasteiger partial charge in [-0.25, -0.2) is 9.78 Å². The van der Waals surface area contributed by atoms with Crippen molar-refractivity contribution in [2.24, 2.45) is 29.0 Å². The third-order valence-corrected chi connectivity index (χ3v) is 7.59. The van der Waals surface area contributed by atoms with Gasteiger partial charge in [0.15, 0.2) is 0 Å². The first-order valence-corrected chi connectivity index (χ1v) is 16.4. The maximum atomic E-state index is 13.6. The number of nitrogens with two attached hydrogens (primary N) is 3. The predicted octanol–water partition coefficient (Wildman–Crippen LogP) is -2.10. The van der Waals surface area contributed by atoms with E-state index >= 15 is 0 Å². The summed E-state index contributed by atoms with van der Waals surface area (Å²) in [5.41, 5.74) is 17.2. The fourth-order valence-electron chi connectivity index (χ4n) is 4.62. The van der Waals surface area contributed by atoms with Crippen molar-refractivity contribution in [3.8, 4) is 0 Å². The second kappa shape index (κ2) is 21.4. The van der Waals surface area contributed by atoms with Crippen molar-refractivity contribution in [3.05, 3.63) is 18.2 Å². The van der Waals surface area contributed by atoms with E-state index in [1.165, 1.54) is 19.4 Å². The quantitative estimate of drug-likeness (QED) is 0.0554. The van der Waals surface area contributed by atoms with Crippen LogP contribution in [0.4, 0.5) is 0 Å². The third-order valence-electron chi connectivity index (χ3n) is 7.59. The summed E-state index contributed by atoms with van der Waals surface area (Å²) in [6, 6.07) is -6.94. The first kappa shape index (κ1) is 42.4. The summed E-state index contributed by atoms with van der Waals surface area (Å²) in [7, 11) is 0. The molecule has 13 N–H and O–H groups in total. The Bertz CT molecular complexity index is 1260. The number of unbranched alkanes of at least 4 members (excludes halogenated alkanes) is 1. The highest BCUT2D eigenvalue weighted by Gasteiger charge is 2.32. The number of nitrogens with zero attached hydrogens (tertiary/aromatic N) is 1. The van der Waals surface area contributed by atoms with Gasteiger partial charge in [-0.1, -0.05) is 27.7 Å². The Balaban J connectivity index is 3.11. The van der Waals surface area contributed by atoms with Crippen LogP contribution < -0.4 is 43.8 Å². The molecule has 0 aromatic carbocycles. The number of aromatic amines is 1. The van der Waals surface area contributed by atoms with Crippen molar-refractivity contribution in [2.75, 3.05) is 6.54 Å². The predicted molar refractivity (Wildman–Crippen MR) is 179 cm³/mol. The van der Waals surface area contributed by atoms with E-state index in [-0.39, 0.29) is 43.9 Å². The molecule has 0 aliphatic rings. The minimum atomic E-state index is -1.31. The zero-order valence-corrected chi connectivity index (χ0v) is 28.9. The van der Waals surface area contributed by atoms with Gasteiger partial charge in [0, 0.05) is 19.0 Å². The van der Waals surface area contributed by atoms with E-state index in [0.717, 1.165) is 0 Å². The number of primary amides is 1. The number of carbonyl (C=O) groups is 7. The van der Waals surface area contributed by atoms with Crippen molar-refractivity contribution in [1.82, 2.24) is 36.6 Å². The van der Waals surface area contributed by atoms with Crippen LogP contribution in [0.2, 0.25) is 0 Å². The highest BCUT2D eigenvalue weighted by atomic mass is 16.4. The topological polar surface area (TPSA) is 307 Å². The number of imidazole rings is 1. The van der Waals surface area contributed by atoms with Gasteiger partial charge in [-0.2, -0.15) is 0 Å². The van der Waals surface area contributed by atoms with Crippen LogP contribution in [0, 0.1) is 11.8 Å². The molecule has 0 radical (unpaired) electrons. The summed E-state index contributed by atoms with van der Waals surface area (Å²) in [6.45, 7) is 8.80. The molecule has 6 amide bonds. The number of rotatable bonds is 23. The summed E-state index contributed by atoms with van der Waals surface area (Å²) in [5, 5.41) is 22.3. The Morgan fingerprint density at radius 3 is 1.84 bits per heavy atom. The molecule has 0 unspecified atom stereocenters. The monoisotopic (exact) mass is 694 g/mol. The fraction of sp³-hybridized carbons (Fsp3) is 0.677. The van der Waals surface area contributed by atoms with E-state index in [2.05, 4.69) is 36.6 Å². The van der Waals surface area contributed by atoms with Gasteiger partial charge in [0.25, 0.3) is 0 Å². The lowest BCUT2D eigenvalue weighted by Gasteiger charge is -2.27. The SMILES string of the molecule is CC(C)C[C@H](NC(=O)[C@H](CCCCN)NC(=O)[C@H](CCC(N)=O)NC(=O)[C@@H](N)C(C)C)C(=O)N[C@@H](C)C(=O)N[C@@H](Cc1c[nH]cn1)C(=O)O. The van der Waals surface area contributed by atoms with Gasteiger partial charge in [-0.15, -0.1) is 0 Å². The number of aliphatic carboxylic acids is 1. The van der Waals surface area contributed by atoms with E-state index in [1.54, 1.807) is 13.8 Å². The number of carbonyl (C=O) groups excluding carboxylic acids is 6. The number of H-pyrrole nitrogens is 1. The molecule has 1 heterocycles. The Labute approximate surface area is 286 Å². The molecule has 0 saturated carbocycles. The molecular formula is C31H54N10O8. The Hall–Kier alpha value is -4.58. The largest absolute Gasteiger partial charge is 0.480 e. The van der Waals surface area contributed by atoms with Crippen LogP contribution in [0.3, 0.4) is 0 Å². The summed E-state index contributed by atoms with van der Waals surface area (Å²) in [4.78, 5) is 95.8. The van der Waals surface area contributed by atoms with Crippen LogP contribution in [0.5, 0.6) is 0 Å². The summed E-state index contributed by atoms with van der Waals surface area (Å²) in [6.07, 6.45) is 3.69. The first-order chi connectivity index (χ1) is 23.0. The number of hydrogen-bond acceptors (Lipinski definition) is 10. The standard InChI is InChI=1S/C31H54N10O8/c1-16(2)12-22(29(46)37-18(5)26(43)41-23(31(48)49)13-19-14-35-15-36-19)40-27(44)20(8-6-7-11-32)38-28(45)21(9-10-24(33)42)39-30(47)25(34)17(3)4/h14-18,20-23,25H,6-13,32,34H2,1-5H3,(H2,33,42)(H,35,36)(H,37,46)(H,38,45)(H,39,47)(H,40,44)(H,41,43)(H,48,49)/t18-,20-,21-,22-,23-,25-/m0/s1. The normalized spacial score (nSPS) is 14.9. The molecule has 276 valence electrons. The molecule has 18 heteroatoms. The lowest BCUT2D eigenvalue weighted by atomic mass is 10.0. The molecule has 0 bridgehead atoms. The molecule has 0 fully saturated rings. The number of carboxylic acid groups (broad SMARTS) is 1. The average molecular weight is 695 g/mol. The fourth-order valence-corrected chi connectivity index (χ4v) is 4.62. The number of hydrogen-bond donors (Lipinski definition) is 10. The minimum absolute atomic E-state index is 0.0886. The molecular weight excluding hydrogens is 640 g/mol. The smallest absolute Gasteiger partial charge is 0.326 e. The highest BCUT2D eigenvalue weighted by Crippen LogP contribution is 2.10. The van der Waals surface area contributed by atoms with Crippen molar-refractivity contribution in [3.63, 3.8) is 0 Å². The van der Waals surface area contributed by atoms with Crippen LogP contribution in [0.1, 0.15) is 78.8 Å². The molecule has 49 heavy (non-hydrogen) atoms. The molecule has 0 saturated heterocycles.